The van der Waals surface area contributed by atoms with Gasteiger partial charge in [-0.1, -0.05) is 60.7 Å². The molecule has 7 heteroatoms. The summed E-state index contributed by atoms with van der Waals surface area (Å²) in [6.07, 6.45) is 0.368. The van der Waals surface area contributed by atoms with Crippen LogP contribution in [0.1, 0.15) is 21.7 Å². The first-order valence-electron chi connectivity index (χ1n) is 7.56. The molecule has 1 heterocycles. The van der Waals surface area contributed by atoms with Crippen LogP contribution < -0.4 is 0 Å². The minimum Gasteiger partial charge on any atom is -0.455 e. The Kier molecular flexibility index (Phi) is 5.16. The molecule has 0 saturated heterocycles. The summed E-state index contributed by atoms with van der Waals surface area (Å²) in [7, 11) is 0. The Hall–Kier alpha value is -3.48. The van der Waals surface area contributed by atoms with Crippen LogP contribution in [0.3, 0.4) is 0 Å². The van der Waals surface area contributed by atoms with Gasteiger partial charge in [-0.3, -0.25) is 0 Å². The molecule has 0 N–H and O–H groups in total. The number of esters is 1. The van der Waals surface area contributed by atoms with Crippen molar-refractivity contribution in [2.75, 3.05) is 0 Å². The van der Waals surface area contributed by atoms with E-state index < -0.39 is 12.1 Å². The van der Waals surface area contributed by atoms with Crippen LogP contribution in [0.4, 0.5) is 4.79 Å². The van der Waals surface area contributed by atoms with Gasteiger partial charge in [0.1, 0.15) is 19.5 Å². The average molecular weight is 337 g/mol. The van der Waals surface area contributed by atoms with E-state index in [1.54, 1.807) is 0 Å². The highest BCUT2D eigenvalue weighted by Gasteiger charge is 2.21. The van der Waals surface area contributed by atoms with Crippen molar-refractivity contribution >= 4 is 12.1 Å². The summed E-state index contributed by atoms with van der Waals surface area (Å²) >= 11 is 0. The van der Waals surface area contributed by atoms with Crippen LogP contribution in [-0.2, 0) is 22.7 Å². The minimum atomic E-state index is -0.752. The Morgan fingerprint density at radius 2 is 1.40 bits per heavy atom. The third kappa shape index (κ3) is 4.29. The van der Waals surface area contributed by atoms with E-state index >= 15 is 0 Å². The van der Waals surface area contributed by atoms with E-state index in [-0.39, 0.29) is 19.0 Å². The third-order valence-corrected chi connectivity index (χ3v) is 3.34. The van der Waals surface area contributed by atoms with Crippen LogP contribution in [0.25, 0.3) is 0 Å². The zero-order valence-electron chi connectivity index (χ0n) is 13.2. The van der Waals surface area contributed by atoms with Gasteiger partial charge in [0, 0.05) is 0 Å². The fourth-order valence-corrected chi connectivity index (χ4v) is 2.08. The van der Waals surface area contributed by atoms with Gasteiger partial charge in [0.05, 0.1) is 0 Å². The van der Waals surface area contributed by atoms with Crippen molar-refractivity contribution in [1.29, 1.82) is 0 Å². The monoisotopic (exact) mass is 337 g/mol. The number of aromatic nitrogens is 3. The van der Waals surface area contributed by atoms with Gasteiger partial charge in [0.25, 0.3) is 5.82 Å². The molecule has 0 aliphatic heterocycles. The standard InChI is InChI=1S/C18H15N3O4/c22-17(24-11-14-7-3-1-4-8-14)16-20-19-13-21(16)18(23)25-12-15-9-5-2-6-10-15/h1-10,13H,11-12H2. The quantitative estimate of drug-likeness (QED) is 0.666. The van der Waals surface area contributed by atoms with E-state index in [2.05, 4.69) is 10.2 Å². The van der Waals surface area contributed by atoms with Crippen LogP contribution in [0, 0.1) is 0 Å². The number of carbonyl (C=O) groups excluding carboxylic acids is 2. The number of ether oxygens (including phenoxy) is 2. The van der Waals surface area contributed by atoms with Gasteiger partial charge in [0.2, 0.25) is 0 Å². The van der Waals surface area contributed by atoms with Gasteiger partial charge in [-0.25, -0.2) is 14.2 Å². The van der Waals surface area contributed by atoms with Gasteiger partial charge >= 0.3 is 12.1 Å². The first kappa shape index (κ1) is 16.4. The van der Waals surface area contributed by atoms with Gasteiger partial charge in [-0.2, -0.15) is 0 Å². The van der Waals surface area contributed by atoms with Crippen molar-refractivity contribution in [3.63, 3.8) is 0 Å². The van der Waals surface area contributed by atoms with E-state index in [0.717, 1.165) is 22.0 Å². The van der Waals surface area contributed by atoms with Gasteiger partial charge in [0.15, 0.2) is 0 Å². The van der Waals surface area contributed by atoms with E-state index in [1.807, 2.05) is 60.7 Å². The van der Waals surface area contributed by atoms with Gasteiger partial charge in [-0.15, -0.1) is 10.2 Å². The summed E-state index contributed by atoms with van der Waals surface area (Å²) in [4.78, 5) is 24.3. The largest absolute Gasteiger partial charge is 0.455 e. The zero-order valence-corrected chi connectivity index (χ0v) is 13.2. The number of hydrogen-bond acceptors (Lipinski definition) is 6. The fourth-order valence-electron chi connectivity index (χ4n) is 2.08. The number of nitrogens with zero attached hydrogens (tertiary/aromatic N) is 3. The Morgan fingerprint density at radius 1 is 0.840 bits per heavy atom. The van der Waals surface area contributed by atoms with Gasteiger partial charge < -0.3 is 9.47 Å². The third-order valence-electron chi connectivity index (χ3n) is 3.34. The summed E-state index contributed by atoms with van der Waals surface area (Å²) in [6.45, 7) is 0.155. The van der Waals surface area contributed by atoms with E-state index in [0.29, 0.717) is 0 Å². The maximum atomic E-state index is 12.1. The molecule has 3 rings (SSSR count). The lowest BCUT2D eigenvalue weighted by Gasteiger charge is -2.07. The molecule has 25 heavy (non-hydrogen) atoms. The van der Waals surface area contributed by atoms with Crippen LogP contribution in [0.5, 0.6) is 0 Å². The number of carbonyl (C=O) groups is 2. The Morgan fingerprint density at radius 3 is 2.00 bits per heavy atom. The summed E-state index contributed by atoms with van der Waals surface area (Å²) in [5.74, 6) is -0.980. The summed E-state index contributed by atoms with van der Waals surface area (Å²) in [5, 5.41) is 7.23. The SMILES string of the molecule is O=C(OCc1ccccc1)c1nncn1C(=O)OCc1ccccc1. The van der Waals surface area contributed by atoms with Crippen molar-refractivity contribution in [3.05, 3.63) is 83.9 Å². The summed E-state index contributed by atoms with van der Waals surface area (Å²) in [6, 6.07) is 18.4. The van der Waals surface area contributed by atoms with Crippen molar-refractivity contribution < 1.29 is 19.1 Å². The van der Waals surface area contributed by atoms with Crippen molar-refractivity contribution in [3.8, 4) is 0 Å². The smallest absolute Gasteiger partial charge is 0.421 e. The molecule has 0 saturated carbocycles. The molecule has 3 aromatic rings. The molecule has 2 aromatic carbocycles. The van der Waals surface area contributed by atoms with Crippen LogP contribution in [0.2, 0.25) is 0 Å². The zero-order chi connectivity index (χ0) is 17.5. The van der Waals surface area contributed by atoms with Crippen LogP contribution in [0.15, 0.2) is 67.0 Å². The second-order valence-electron chi connectivity index (χ2n) is 5.13. The predicted molar refractivity (Wildman–Crippen MR) is 87.6 cm³/mol. The van der Waals surface area contributed by atoms with E-state index in [4.69, 9.17) is 9.47 Å². The van der Waals surface area contributed by atoms with E-state index in [9.17, 15) is 9.59 Å². The molecule has 0 aliphatic rings. The molecule has 0 amide bonds. The van der Waals surface area contributed by atoms with E-state index in [1.165, 1.54) is 0 Å². The molecular formula is C18H15N3O4. The maximum Gasteiger partial charge on any atom is 0.421 e. The first-order valence-corrected chi connectivity index (χ1v) is 7.56. The lowest BCUT2D eigenvalue weighted by Crippen LogP contribution is -2.20. The van der Waals surface area contributed by atoms with Crippen LogP contribution in [-0.4, -0.2) is 26.8 Å². The molecule has 0 radical (unpaired) electrons. The summed E-state index contributed by atoms with van der Waals surface area (Å²) in [5.41, 5.74) is 1.66. The normalized spacial score (nSPS) is 10.2. The highest BCUT2D eigenvalue weighted by Crippen LogP contribution is 2.07. The molecule has 0 atom stereocenters. The molecule has 0 bridgehead atoms. The Labute approximate surface area is 143 Å². The number of benzene rings is 2. The molecular weight excluding hydrogens is 322 g/mol. The minimum absolute atomic E-state index is 0.0750. The lowest BCUT2D eigenvalue weighted by molar-refractivity contribution is 0.0449. The van der Waals surface area contributed by atoms with Gasteiger partial charge in [-0.05, 0) is 11.1 Å². The van der Waals surface area contributed by atoms with Crippen molar-refractivity contribution in [2.45, 2.75) is 13.2 Å². The maximum absolute atomic E-state index is 12.1. The predicted octanol–water partition coefficient (Wildman–Crippen LogP) is 2.82. The molecule has 1 aromatic heterocycles. The molecule has 126 valence electrons. The lowest BCUT2D eigenvalue weighted by atomic mass is 10.2. The van der Waals surface area contributed by atoms with Crippen molar-refractivity contribution in [1.82, 2.24) is 14.8 Å². The summed E-state index contributed by atoms with van der Waals surface area (Å²) < 4.78 is 11.2. The topological polar surface area (TPSA) is 83.3 Å². The first-order chi connectivity index (χ1) is 12.2. The number of hydrogen-bond donors (Lipinski definition) is 0. The molecule has 7 nitrogen and oxygen atoms in total. The highest BCUT2D eigenvalue weighted by atomic mass is 16.6. The second-order valence-corrected chi connectivity index (χ2v) is 5.13. The molecule has 0 aliphatic carbocycles. The van der Waals surface area contributed by atoms with Crippen molar-refractivity contribution in [2.24, 2.45) is 0 Å². The average Bonchev–Trinajstić information content (AvgIpc) is 3.16. The Balaban J connectivity index is 1.61. The molecule has 0 spiro atoms. The highest BCUT2D eigenvalue weighted by molar-refractivity contribution is 5.89. The Bertz CT molecular complexity index is 777. The molecule has 0 fully saturated rings. The number of rotatable bonds is 5. The molecule has 0 unspecified atom stereocenters. The van der Waals surface area contributed by atoms with Crippen LogP contribution >= 0.6 is 0 Å². The second kappa shape index (κ2) is 7.87. The fraction of sp³-hybridized carbons (Fsp3) is 0.111.